The van der Waals surface area contributed by atoms with Gasteiger partial charge in [-0.2, -0.15) is 0 Å². The number of carbonyl (C=O) groups excluding carboxylic acids is 1. The van der Waals surface area contributed by atoms with E-state index in [9.17, 15) is 15.0 Å². The van der Waals surface area contributed by atoms with Crippen molar-refractivity contribution in [3.05, 3.63) is 12.2 Å². The molecule has 4 bridgehead atoms. The molecule has 6 aliphatic rings. The van der Waals surface area contributed by atoms with Gasteiger partial charge in [-0.25, -0.2) is 0 Å². The zero-order valence-corrected chi connectivity index (χ0v) is 15.9. The lowest BCUT2D eigenvalue weighted by atomic mass is 9.37. The SMILES string of the molecule is C=C1C(=O)[C@]23[C@H](O)[C@H]1CC[C@H]2[C@@]12[C@@H](OC)O[C@@H]3C[C@@H]1C(C)(C)CC[C@@H]2O. The quantitative estimate of drug-likeness (QED) is 0.699. The monoisotopic (exact) mass is 362 g/mol. The van der Waals surface area contributed by atoms with Gasteiger partial charge in [0, 0.05) is 13.0 Å². The molecule has 26 heavy (non-hydrogen) atoms. The molecular weight excluding hydrogens is 332 g/mol. The van der Waals surface area contributed by atoms with Gasteiger partial charge in [-0.05, 0) is 54.9 Å². The molecule has 0 amide bonds. The summed E-state index contributed by atoms with van der Waals surface area (Å²) in [4.78, 5) is 13.4. The molecule has 4 aliphatic carbocycles. The fourth-order valence-corrected chi connectivity index (χ4v) is 8.04. The van der Waals surface area contributed by atoms with Crippen molar-refractivity contribution >= 4 is 5.78 Å². The third-order valence-electron chi connectivity index (χ3n) is 9.03. The first-order chi connectivity index (χ1) is 12.2. The van der Waals surface area contributed by atoms with Crippen molar-refractivity contribution < 1.29 is 24.5 Å². The highest BCUT2D eigenvalue weighted by molar-refractivity contribution is 6.04. The molecule has 6 rings (SSSR count). The van der Waals surface area contributed by atoms with E-state index in [1.807, 2.05) is 0 Å². The van der Waals surface area contributed by atoms with Crippen LogP contribution in [0, 0.1) is 34.0 Å². The molecule has 2 spiro atoms. The van der Waals surface area contributed by atoms with Gasteiger partial charge in [0.2, 0.25) is 0 Å². The lowest BCUT2D eigenvalue weighted by molar-refractivity contribution is -0.405. The summed E-state index contributed by atoms with van der Waals surface area (Å²) in [5.74, 6) is -0.0924. The van der Waals surface area contributed by atoms with Crippen LogP contribution in [0.25, 0.3) is 0 Å². The van der Waals surface area contributed by atoms with Crippen LogP contribution in [0.15, 0.2) is 12.2 Å². The number of aliphatic hydroxyl groups is 2. The molecule has 0 aromatic carbocycles. The zero-order valence-electron chi connectivity index (χ0n) is 15.9. The van der Waals surface area contributed by atoms with Crippen LogP contribution in [0.4, 0.5) is 0 Å². The first kappa shape index (κ1) is 17.4. The van der Waals surface area contributed by atoms with Gasteiger partial charge in [-0.3, -0.25) is 4.79 Å². The number of Topliss-reactive ketones (excluding diaryl/α,β-unsaturated/α-hetero) is 1. The topological polar surface area (TPSA) is 76.0 Å². The van der Waals surface area contributed by atoms with Gasteiger partial charge in [0.25, 0.3) is 0 Å². The number of ether oxygens (including phenoxy) is 2. The van der Waals surface area contributed by atoms with Gasteiger partial charge >= 0.3 is 0 Å². The number of fused-ring (bicyclic) bond motifs is 2. The molecule has 2 saturated heterocycles. The van der Waals surface area contributed by atoms with Crippen LogP contribution in [0.1, 0.15) is 46.0 Å². The molecule has 9 atom stereocenters. The fraction of sp³-hybridized carbons (Fsp3) is 0.857. The average molecular weight is 362 g/mol. The van der Waals surface area contributed by atoms with Crippen LogP contribution in [0.3, 0.4) is 0 Å². The lowest BCUT2D eigenvalue weighted by Gasteiger charge is -2.72. The maximum absolute atomic E-state index is 13.4. The maximum Gasteiger partial charge on any atom is 0.170 e. The van der Waals surface area contributed by atoms with E-state index < -0.39 is 29.3 Å². The summed E-state index contributed by atoms with van der Waals surface area (Å²) < 4.78 is 12.1. The summed E-state index contributed by atoms with van der Waals surface area (Å²) in [6, 6.07) is 0. The Labute approximate surface area is 154 Å². The van der Waals surface area contributed by atoms with Crippen LogP contribution in [0.2, 0.25) is 0 Å². The van der Waals surface area contributed by atoms with Gasteiger partial charge in [0.15, 0.2) is 12.1 Å². The highest BCUT2D eigenvalue weighted by atomic mass is 16.7. The molecule has 5 nitrogen and oxygen atoms in total. The van der Waals surface area contributed by atoms with E-state index in [2.05, 4.69) is 20.4 Å². The second-order valence-electron chi connectivity index (χ2n) is 9.99. The number of ketones is 1. The Morgan fingerprint density at radius 3 is 2.62 bits per heavy atom. The van der Waals surface area contributed by atoms with Gasteiger partial charge in [-0.1, -0.05) is 20.4 Å². The van der Waals surface area contributed by atoms with Crippen molar-refractivity contribution in [2.75, 3.05) is 7.11 Å². The Bertz CT molecular complexity index is 686. The number of hydrogen-bond donors (Lipinski definition) is 2. The van der Waals surface area contributed by atoms with Crippen LogP contribution in [-0.4, -0.2) is 47.7 Å². The number of aliphatic hydroxyl groups excluding tert-OH is 2. The Balaban J connectivity index is 1.76. The molecule has 2 aliphatic heterocycles. The van der Waals surface area contributed by atoms with Crippen molar-refractivity contribution in [3.63, 3.8) is 0 Å². The smallest absolute Gasteiger partial charge is 0.170 e. The van der Waals surface area contributed by atoms with Gasteiger partial charge in [0.1, 0.15) is 0 Å². The summed E-state index contributed by atoms with van der Waals surface area (Å²) in [6.07, 6.45) is 1.68. The van der Waals surface area contributed by atoms with Crippen LogP contribution >= 0.6 is 0 Å². The number of hydrogen-bond acceptors (Lipinski definition) is 5. The van der Waals surface area contributed by atoms with Crippen molar-refractivity contribution in [2.24, 2.45) is 34.0 Å². The minimum absolute atomic E-state index is 0.0227. The second-order valence-corrected chi connectivity index (χ2v) is 9.99. The third-order valence-corrected chi connectivity index (χ3v) is 9.03. The van der Waals surface area contributed by atoms with Crippen LogP contribution in [0.5, 0.6) is 0 Å². The molecule has 0 aromatic rings. The summed E-state index contributed by atoms with van der Waals surface area (Å²) in [6.45, 7) is 8.56. The molecule has 0 unspecified atom stereocenters. The lowest BCUT2D eigenvalue weighted by Crippen LogP contribution is -2.79. The van der Waals surface area contributed by atoms with E-state index in [-0.39, 0.29) is 35.1 Å². The predicted octanol–water partition coefficient (Wildman–Crippen LogP) is 2.06. The highest BCUT2D eigenvalue weighted by Gasteiger charge is 2.81. The fourth-order valence-electron chi connectivity index (χ4n) is 8.04. The summed E-state index contributed by atoms with van der Waals surface area (Å²) in [5.41, 5.74) is -0.986. The number of methoxy groups -OCH3 is 1. The minimum atomic E-state index is -0.945. The number of rotatable bonds is 1. The van der Waals surface area contributed by atoms with Crippen molar-refractivity contribution in [2.45, 2.75) is 70.6 Å². The average Bonchev–Trinajstić information content (AvgIpc) is 2.73. The van der Waals surface area contributed by atoms with Crippen molar-refractivity contribution in [1.29, 1.82) is 0 Å². The van der Waals surface area contributed by atoms with Gasteiger partial charge in [0.05, 0.1) is 29.1 Å². The molecule has 2 N–H and O–H groups in total. The van der Waals surface area contributed by atoms with Gasteiger partial charge < -0.3 is 19.7 Å². The van der Waals surface area contributed by atoms with E-state index in [0.29, 0.717) is 18.4 Å². The first-order valence-corrected chi connectivity index (χ1v) is 10.0. The van der Waals surface area contributed by atoms with E-state index in [0.717, 1.165) is 19.3 Å². The predicted molar refractivity (Wildman–Crippen MR) is 94.0 cm³/mol. The summed E-state index contributed by atoms with van der Waals surface area (Å²) >= 11 is 0. The second kappa shape index (κ2) is 4.99. The highest BCUT2D eigenvalue weighted by Crippen LogP contribution is 2.75. The normalized spacial score (nSPS) is 57.0. The van der Waals surface area contributed by atoms with Crippen LogP contribution < -0.4 is 0 Å². The molecule has 144 valence electrons. The third kappa shape index (κ3) is 1.55. The Morgan fingerprint density at radius 2 is 1.92 bits per heavy atom. The Morgan fingerprint density at radius 1 is 1.19 bits per heavy atom. The summed E-state index contributed by atoms with van der Waals surface area (Å²) in [5, 5.41) is 22.6. The van der Waals surface area contributed by atoms with Crippen molar-refractivity contribution in [3.8, 4) is 0 Å². The van der Waals surface area contributed by atoms with E-state index in [1.54, 1.807) is 7.11 Å². The minimum Gasteiger partial charge on any atom is -0.392 e. The molecule has 2 heterocycles. The van der Waals surface area contributed by atoms with Gasteiger partial charge in [-0.15, -0.1) is 0 Å². The Kier molecular flexibility index (Phi) is 3.33. The van der Waals surface area contributed by atoms with Crippen LogP contribution in [-0.2, 0) is 14.3 Å². The molecule has 0 aromatic heterocycles. The van der Waals surface area contributed by atoms with E-state index in [1.165, 1.54) is 0 Å². The van der Waals surface area contributed by atoms with Crippen molar-refractivity contribution in [1.82, 2.24) is 0 Å². The maximum atomic E-state index is 13.4. The number of carbonyl (C=O) groups is 1. The first-order valence-electron chi connectivity index (χ1n) is 10.0. The standard InChI is InChI=1S/C21H30O5/c1-10-11-5-6-12-20-13(19(2,3)8-7-14(20)22)9-15(26-18(20)25-4)21(12,16(10)23)17(11)24/h11-15,17-18,22,24H,1,5-9H2,2-4H3/t11-,12-,13+,14-,15+,17+,18-,20+,21-/m0/s1. The Hall–Kier alpha value is -0.750. The van der Waals surface area contributed by atoms with E-state index in [4.69, 9.17) is 9.47 Å². The molecular formula is C21H30O5. The molecule has 5 heteroatoms. The largest absolute Gasteiger partial charge is 0.392 e. The zero-order chi connectivity index (χ0) is 18.6. The summed E-state index contributed by atoms with van der Waals surface area (Å²) in [7, 11) is 1.63. The van der Waals surface area contributed by atoms with E-state index >= 15 is 0 Å². The molecule has 0 radical (unpaired) electrons. The molecule has 4 saturated carbocycles. The molecule has 6 fully saturated rings.